The van der Waals surface area contributed by atoms with Crippen molar-refractivity contribution in [2.24, 2.45) is 5.92 Å². The fraction of sp³-hybridized carbons (Fsp3) is 0.286. The molecule has 4 rings (SSSR count). The van der Waals surface area contributed by atoms with Crippen molar-refractivity contribution in [3.63, 3.8) is 0 Å². The average Bonchev–Trinajstić information content (AvgIpc) is 3.28. The number of ether oxygens (including phenoxy) is 1. The summed E-state index contributed by atoms with van der Waals surface area (Å²) in [7, 11) is 0. The van der Waals surface area contributed by atoms with Crippen molar-refractivity contribution in [2.45, 2.75) is 18.9 Å². The zero-order valence-corrected chi connectivity index (χ0v) is 15.0. The summed E-state index contributed by atoms with van der Waals surface area (Å²) in [5.41, 5.74) is 2.50. The first kappa shape index (κ1) is 17.4. The van der Waals surface area contributed by atoms with Crippen LogP contribution in [0.2, 0.25) is 0 Å². The SMILES string of the molecule is O=C(N[C@@H](c1cccnc1)C1CCOCC1)c1cccc(-n2cccn2)c1. The number of carbonyl (C=O) groups is 1. The third-order valence-electron chi connectivity index (χ3n) is 4.94. The summed E-state index contributed by atoms with van der Waals surface area (Å²) in [5, 5.41) is 7.46. The van der Waals surface area contributed by atoms with E-state index in [-0.39, 0.29) is 11.9 Å². The minimum Gasteiger partial charge on any atom is -0.381 e. The van der Waals surface area contributed by atoms with Gasteiger partial charge in [0.2, 0.25) is 0 Å². The van der Waals surface area contributed by atoms with Gasteiger partial charge in [0.1, 0.15) is 0 Å². The lowest BCUT2D eigenvalue weighted by molar-refractivity contribution is 0.0513. The molecule has 1 atom stereocenters. The summed E-state index contributed by atoms with van der Waals surface area (Å²) >= 11 is 0. The molecule has 0 aliphatic carbocycles. The van der Waals surface area contributed by atoms with E-state index >= 15 is 0 Å². The maximum absolute atomic E-state index is 13.0. The van der Waals surface area contributed by atoms with Crippen LogP contribution in [0, 0.1) is 5.92 Å². The normalized spacial score (nSPS) is 16.0. The smallest absolute Gasteiger partial charge is 0.251 e. The molecule has 6 nitrogen and oxygen atoms in total. The lowest BCUT2D eigenvalue weighted by Gasteiger charge is -2.31. The van der Waals surface area contributed by atoms with Gasteiger partial charge in [-0.25, -0.2) is 4.68 Å². The maximum Gasteiger partial charge on any atom is 0.251 e. The number of nitrogens with one attached hydrogen (secondary N) is 1. The molecule has 2 aromatic heterocycles. The van der Waals surface area contributed by atoms with Gasteiger partial charge in [-0.3, -0.25) is 9.78 Å². The molecule has 3 aromatic rings. The molecule has 1 fully saturated rings. The van der Waals surface area contributed by atoms with E-state index in [0.29, 0.717) is 11.5 Å². The van der Waals surface area contributed by atoms with Crippen LogP contribution in [0.15, 0.2) is 67.3 Å². The minimum absolute atomic E-state index is 0.0801. The Balaban J connectivity index is 1.57. The third-order valence-corrected chi connectivity index (χ3v) is 4.94. The molecule has 0 bridgehead atoms. The second-order valence-electron chi connectivity index (χ2n) is 6.69. The number of hydrogen-bond acceptors (Lipinski definition) is 4. The molecular weight excluding hydrogens is 340 g/mol. The van der Waals surface area contributed by atoms with Gasteiger partial charge >= 0.3 is 0 Å². The van der Waals surface area contributed by atoms with Crippen LogP contribution in [-0.4, -0.2) is 33.9 Å². The van der Waals surface area contributed by atoms with Crippen molar-refractivity contribution < 1.29 is 9.53 Å². The van der Waals surface area contributed by atoms with E-state index in [4.69, 9.17) is 4.74 Å². The Bertz CT molecular complexity index is 874. The highest BCUT2D eigenvalue weighted by molar-refractivity contribution is 5.95. The fourth-order valence-corrected chi connectivity index (χ4v) is 3.52. The largest absolute Gasteiger partial charge is 0.381 e. The van der Waals surface area contributed by atoms with Gasteiger partial charge in [0.05, 0.1) is 11.7 Å². The molecule has 1 aromatic carbocycles. The summed E-state index contributed by atoms with van der Waals surface area (Å²) in [5.74, 6) is 0.241. The van der Waals surface area contributed by atoms with E-state index in [1.807, 2.05) is 54.9 Å². The van der Waals surface area contributed by atoms with E-state index in [9.17, 15) is 4.79 Å². The Morgan fingerprint density at radius 3 is 2.78 bits per heavy atom. The second-order valence-corrected chi connectivity index (χ2v) is 6.69. The molecule has 6 heteroatoms. The maximum atomic E-state index is 13.0. The lowest BCUT2D eigenvalue weighted by atomic mass is 9.87. The molecule has 3 heterocycles. The Labute approximate surface area is 158 Å². The van der Waals surface area contributed by atoms with Gasteiger partial charge in [-0.15, -0.1) is 0 Å². The summed E-state index contributed by atoms with van der Waals surface area (Å²) in [6.07, 6.45) is 9.01. The van der Waals surface area contributed by atoms with Crippen molar-refractivity contribution in [3.05, 3.63) is 78.4 Å². The van der Waals surface area contributed by atoms with Crippen LogP contribution in [0.25, 0.3) is 5.69 Å². The Hall–Kier alpha value is -2.99. The lowest BCUT2D eigenvalue weighted by Crippen LogP contribution is -2.36. The molecular formula is C21H22N4O2. The first-order chi connectivity index (χ1) is 13.3. The molecule has 27 heavy (non-hydrogen) atoms. The first-order valence-corrected chi connectivity index (χ1v) is 9.20. The van der Waals surface area contributed by atoms with Gasteiger partial charge in [-0.05, 0) is 54.7 Å². The molecule has 0 saturated carbocycles. The highest BCUT2D eigenvalue weighted by Gasteiger charge is 2.27. The predicted molar refractivity (Wildman–Crippen MR) is 102 cm³/mol. The van der Waals surface area contributed by atoms with Crippen molar-refractivity contribution >= 4 is 5.91 Å². The molecule has 138 valence electrons. The monoisotopic (exact) mass is 362 g/mol. The van der Waals surface area contributed by atoms with E-state index in [0.717, 1.165) is 37.3 Å². The molecule has 1 N–H and O–H groups in total. The zero-order chi connectivity index (χ0) is 18.5. The minimum atomic E-state index is -0.0932. The van der Waals surface area contributed by atoms with Gasteiger partial charge in [0.15, 0.2) is 0 Å². The van der Waals surface area contributed by atoms with Gasteiger partial charge < -0.3 is 10.1 Å². The Morgan fingerprint density at radius 2 is 2.04 bits per heavy atom. The van der Waals surface area contributed by atoms with Crippen LogP contribution in [0.1, 0.15) is 34.8 Å². The van der Waals surface area contributed by atoms with E-state index in [1.54, 1.807) is 17.1 Å². The van der Waals surface area contributed by atoms with E-state index < -0.39 is 0 Å². The second kappa shape index (κ2) is 8.14. The quantitative estimate of drug-likeness (QED) is 0.757. The third kappa shape index (κ3) is 4.06. The summed E-state index contributed by atoms with van der Waals surface area (Å²) in [4.78, 5) is 17.2. The zero-order valence-electron chi connectivity index (χ0n) is 15.0. The number of benzene rings is 1. The van der Waals surface area contributed by atoms with Crippen molar-refractivity contribution in [1.82, 2.24) is 20.1 Å². The molecule has 1 aliphatic heterocycles. The molecule has 0 spiro atoms. The number of rotatable bonds is 5. The van der Waals surface area contributed by atoms with Crippen molar-refractivity contribution in [3.8, 4) is 5.69 Å². The predicted octanol–water partition coefficient (Wildman–Crippen LogP) is 3.17. The summed E-state index contributed by atoms with van der Waals surface area (Å²) in [6, 6.07) is 13.2. The van der Waals surface area contributed by atoms with Crippen LogP contribution in [0.4, 0.5) is 0 Å². The fourth-order valence-electron chi connectivity index (χ4n) is 3.52. The van der Waals surface area contributed by atoms with Crippen LogP contribution in [0.5, 0.6) is 0 Å². The highest BCUT2D eigenvalue weighted by Crippen LogP contribution is 2.30. The van der Waals surface area contributed by atoms with Gasteiger partial charge in [0, 0.05) is 43.6 Å². The Morgan fingerprint density at radius 1 is 1.15 bits per heavy atom. The molecule has 0 radical (unpaired) electrons. The highest BCUT2D eigenvalue weighted by atomic mass is 16.5. The Kier molecular flexibility index (Phi) is 5.25. The van der Waals surface area contributed by atoms with E-state index in [1.165, 1.54) is 0 Å². The van der Waals surface area contributed by atoms with Crippen LogP contribution >= 0.6 is 0 Å². The average molecular weight is 362 g/mol. The number of pyridine rings is 1. The standard InChI is InChI=1S/C21H22N4O2/c26-21(17-4-1-6-19(14-17)25-11-3-10-23-25)24-20(16-7-12-27-13-8-16)18-5-2-9-22-15-18/h1-6,9-11,14-16,20H,7-8,12-13H2,(H,24,26)/t20-/m1/s1. The molecule has 1 amide bonds. The van der Waals surface area contributed by atoms with Crippen LogP contribution in [-0.2, 0) is 4.74 Å². The summed E-state index contributed by atoms with van der Waals surface area (Å²) in [6.45, 7) is 1.46. The topological polar surface area (TPSA) is 69.0 Å². The summed E-state index contributed by atoms with van der Waals surface area (Å²) < 4.78 is 7.24. The van der Waals surface area contributed by atoms with Crippen LogP contribution in [0.3, 0.4) is 0 Å². The van der Waals surface area contributed by atoms with Crippen molar-refractivity contribution in [1.29, 1.82) is 0 Å². The van der Waals surface area contributed by atoms with E-state index in [2.05, 4.69) is 15.4 Å². The number of amides is 1. The molecule has 0 unspecified atom stereocenters. The van der Waals surface area contributed by atoms with Crippen molar-refractivity contribution in [2.75, 3.05) is 13.2 Å². The molecule has 1 saturated heterocycles. The van der Waals surface area contributed by atoms with Crippen LogP contribution < -0.4 is 5.32 Å². The number of carbonyl (C=O) groups excluding carboxylic acids is 1. The first-order valence-electron chi connectivity index (χ1n) is 9.20. The van der Waals surface area contributed by atoms with Gasteiger partial charge in [-0.1, -0.05) is 12.1 Å². The number of aromatic nitrogens is 3. The van der Waals surface area contributed by atoms with Gasteiger partial charge in [0.25, 0.3) is 5.91 Å². The number of hydrogen-bond donors (Lipinski definition) is 1. The molecule has 1 aliphatic rings. The number of nitrogens with zero attached hydrogens (tertiary/aromatic N) is 3. The van der Waals surface area contributed by atoms with Gasteiger partial charge in [-0.2, -0.15) is 5.10 Å².